The molecule has 0 saturated carbocycles. The highest BCUT2D eigenvalue weighted by atomic mass is 32.1. The molecule has 3 aromatic carbocycles. The zero-order valence-electron chi connectivity index (χ0n) is 19.5. The molecule has 9 heteroatoms. The molecule has 5 aromatic rings. The lowest BCUT2D eigenvalue weighted by Crippen LogP contribution is -2.40. The standard InChI is InChI=1S/C27H21N5O3S/c1-31-16-30-15-25(31)27(29,19-8-6-17(14-28)7-9-19)26-13-23-22(18-4-3-5-21(10-18)35-2)11-20(32(33)34)12-24(23)36-26/h3-13,15-16H,29H2,1-2H3. The van der Waals surface area contributed by atoms with Gasteiger partial charge in [-0.15, -0.1) is 11.3 Å². The van der Waals surface area contributed by atoms with Crippen molar-refractivity contribution in [3.63, 3.8) is 0 Å². The van der Waals surface area contributed by atoms with Crippen molar-refractivity contribution in [2.45, 2.75) is 5.54 Å². The topological polar surface area (TPSA) is 120 Å². The molecule has 0 bridgehead atoms. The van der Waals surface area contributed by atoms with Crippen LogP contribution in [0, 0.1) is 21.4 Å². The van der Waals surface area contributed by atoms with Crippen molar-refractivity contribution in [1.82, 2.24) is 9.55 Å². The first-order valence-corrected chi connectivity index (χ1v) is 11.8. The highest BCUT2D eigenvalue weighted by Gasteiger charge is 2.37. The number of nitrogens with zero attached hydrogens (tertiary/aromatic N) is 4. The van der Waals surface area contributed by atoms with Gasteiger partial charge in [0.05, 0.1) is 41.9 Å². The van der Waals surface area contributed by atoms with E-state index in [9.17, 15) is 15.4 Å². The maximum Gasteiger partial charge on any atom is 0.271 e. The Kier molecular flexibility index (Phi) is 5.76. The van der Waals surface area contributed by atoms with E-state index in [0.29, 0.717) is 16.9 Å². The summed E-state index contributed by atoms with van der Waals surface area (Å²) >= 11 is 1.40. The summed E-state index contributed by atoms with van der Waals surface area (Å²) in [4.78, 5) is 16.5. The molecule has 2 N–H and O–H groups in total. The van der Waals surface area contributed by atoms with E-state index >= 15 is 0 Å². The summed E-state index contributed by atoms with van der Waals surface area (Å²) in [6.07, 6.45) is 3.40. The number of nitro benzene ring substituents is 1. The number of methoxy groups -OCH3 is 1. The Bertz CT molecular complexity index is 1650. The first-order valence-electron chi connectivity index (χ1n) is 11.0. The third-order valence-electron chi connectivity index (χ3n) is 6.29. The fourth-order valence-electron chi connectivity index (χ4n) is 4.41. The Hall–Kier alpha value is -4.52. The third kappa shape index (κ3) is 3.79. The van der Waals surface area contributed by atoms with Crippen LogP contribution in [-0.2, 0) is 12.6 Å². The molecular weight excluding hydrogens is 474 g/mol. The van der Waals surface area contributed by atoms with Gasteiger partial charge in [-0.2, -0.15) is 5.26 Å². The average molecular weight is 496 g/mol. The summed E-state index contributed by atoms with van der Waals surface area (Å²) in [6.45, 7) is 0. The number of benzene rings is 3. The lowest BCUT2D eigenvalue weighted by Gasteiger charge is -2.29. The molecular formula is C27H21N5O3S. The van der Waals surface area contributed by atoms with Gasteiger partial charge in [-0.3, -0.25) is 10.1 Å². The summed E-state index contributed by atoms with van der Waals surface area (Å²) in [6, 6.07) is 21.8. The van der Waals surface area contributed by atoms with Crippen LogP contribution in [0.3, 0.4) is 0 Å². The van der Waals surface area contributed by atoms with Crippen LogP contribution in [0.25, 0.3) is 21.2 Å². The first kappa shape index (κ1) is 23.2. The number of aromatic nitrogens is 2. The number of non-ortho nitro benzene ring substituents is 1. The fraction of sp³-hybridized carbons (Fsp3) is 0.111. The Labute approximate surface area is 211 Å². The van der Waals surface area contributed by atoms with E-state index in [1.807, 2.05) is 54.1 Å². The number of hydrogen-bond donors (Lipinski definition) is 1. The molecule has 2 aromatic heterocycles. The zero-order chi connectivity index (χ0) is 25.4. The number of nitro groups is 1. The van der Waals surface area contributed by atoms with Gasteiger partial charge in [-0.25, -0.2) is 4.98 Å². The van der Waals surface area contributed by atoms with Crippen molar-refractivity contribution in [3.05, 3.63) is 111 Å². The predicted octanol–water partition coefficient (Wildman–Crippen LogP) is 5.34. The molecule has 0 aliphatic carbocycles. The summed E-state index contributed by atoms with van der Waals surface area (Å²) in [5.41, 5.74) is 9.66. The quantitative estimate of drug-likeness (QED) is 0.251. The van der Waals surface area contributed by atoms with Gasteiger partial charge in [0.25, 0.3) is 5.69 Å². The van der Waals surface area contributed by atoms with Gasteiger partial charge in [-0.05, 0) is 47.0 Å². The Morgan fingerprint density at radius 3 is 2.58 bits per heavy atom. The molecule has 8 nitrogen and oxygen atoms in total. The van der Waals surface area contributed by atoms with Crippen LogP contribution < -0.4 is 10.5 Å². The van der Waals surface area contributed by atoms with Gasteiger partial charge in [0.2, 0.25) is 0 Å². The van der Waals surface area contributed by atoms with Crippen LogP contribution >= 0.6 is 11.3 Å². The molecule has 2 heterocycles. The maximum atomic E-state index is 11.8. The molecule has 0 spiro atoms. The second kappa shape index (κ2) is 8.92. The summed E-state index contributed by atoms with van der Waals surface area (Å²) in [5.74, 6) is 0.656. The largest absolute Gasteiger partial charge is 0.497 e. The normalized spacial score (nSPS) is 12.7. The van der Waals surface area contributed by atoms with Crippen LogP contribution in [-0.4, -0.2) is 21.6 Å². The molecule has 0 amide bonds. The molecule has 0 aliphatic heterocycles. The molecule has 5 rings (SSSR count). The van der Waals surface area contributed by atoms with E-state index in [2.05, 4.69) is 11.1 Å². The van der Waals surface area contributed by atoms with Crippen molar-refractivity contribution >= 4 is 27.1 Å². The monoisotopic (exact) mass is 495 g/mol. The minimum absolute atomic E-state index is 0.00440. The lowest BCUT2D eigenvalue weighted by molar-refractivity contribution is -0.384. The Balaban J connectivity index is 1.80. The van der Waals surface area contributed by atoms with Crippen molar-refractivity contribution in [2.75, 3.05) is 7.11 Å². The van der Waals surface area contributed by atoms with Crippen LogP contribution in [0.15, 0.2) is 79.3 Å². The zero-order valence-corrected chi connectivity index (χ0v) is 20.3. The second-order valence-electron chi connectivity index (χ2n) is 8.39. The van der Waals surface area contributed by atoms with Crippen LogP contribution in [0.4, 0.5) is 5.69 Å². The number of imidazole rings is 1. The van der Waals surface area contributed by atoms with Crippen LogP contribution in [0.2, 0.25) is 0 Å². The van der Waals surface area contributed by atoms with E-state index in [1.165, 1.54) is 11.3 Å². The molecule has 0 saturated heterocycles. The number of aryl methyl sites for hydroxylation is 1. The molecule has 0 radical (unpaired) electrons. The first-order chi connectivity index (χ1) is 17.3. The molecule has 0 fully saturated rings. The van der Waals surface area contributed by atoms with E-state index in [0.717, 1.165) is 31.8 Å². The molecule has 36 heavy (non-hydrogen) atoms. The van der Waals surface area contributed by atoms with Crippen molar-refractivity contribution in [1.29, 1.82) is 5.26 Å². The van der Waals surface area contributed by atoms with Gasteiger partial charge in [-0.1, -0.05) is 24.3 Å². The number of ether oxygens (including phenoxy) is 1. The average Bonchev–Trinajstić information content (AvgIpc) is 3.54. The number of thiophene rings is 1. The minimum Gasteiger partial charge on any atom is -0.497 e. The summed E-state index contributed by atoms with van der Waals surface area (Å²) in [5, 5.41) is 21.9. The van der Waals surface area contributed by atoms with Crippen LogP contribution in [0.5, 0.6) is 5.75 Å². The van der Waals surface area contributed by atoms with E-state index in [-0.39, 0.29) is 10.6 Å². The van der Waals surface area contributed by atoms with Gasteiger partial charge < -0.3 is 15.0 Å². The number of fused-ring (bicyclic) bond motifs is 1. The van der Waals surface area contributed by atoms with E-state index in [4.69, 9.17) is 10.5 Å². The number of rotatable bonds is 6. The van der Waals surface area contributed by atoms with E-state index < -0.39 is 5.54 Å². The highest BCUT2D eigenvalue weighted by Crippen LogP contribution is 2.44. The smallest absolute Gasteiger partial charge is 0.271 e. The molecule has 1 unspecified atom stereocenters. The maximum absolute atomic E-state index is 11.8. The predicted molar refractivity (Wildman–Crippen MR) is 139 cm³/mol. The Morgan fingerprint density at radius 2 is 1.94 bits per heavy atom. The van der Waals surface area contributed by atoms with Crippen molar-refractivity contribution < 1.29 is 9.66 Å². The van der Waals surface area contributed by atoms with E-state index in [1.54, 1.807) is 43.9 Å². The fourth-order valence-corrected chi connectivity index (χ4v) is 5.67. The highest BCUT2D eigenvalue weighted by molar-refractivity contribution is 7.19. The number of nitrogens with two attached hydrogens (primary N) is 1. The van der Waals surface area contributed by atoms with Gasteiger partial charge in [0.15, 0.2) is 0 Å². The van der Waals surface area contributed by atoms with Crippen LogP contribution in [0.1, 0.15) is 21.7 Å². The SMILES string of the molecule is COc1cccc(-c2cc([N+](=O)[O-])cc3sc(C(N)(c4ccc(C#N)cc4)c4cncn4C)cc23)c1. The second-order valence-corrected chi connectivity index (χ2v) is 9.48. The third-order valence-corrected chi connectivity index (χ3v) is 7.51. The molecule has 178 valence electrons. The molecule has 0 aliphatic rings. The van der Waals surface area contributed by atoms with Crippen molar-refractivity contribution in [2.24, 2.45) is 12.8 Å². The summed E-state index contributed by atoms with van der Waals surface area (Å²) in [7, 11) is 3.45. The number of nitriles is 1. The van der Waals surface area contributed by atoms with Gasteiger partial charge >= 0.3 is 0 Å². The Morgan fingerprint density at radius 1 is 1.17 bits per heavy atom. The molecule has 1 atom stereocenters. The summed E-state index contributed by atoms with van der Waals surface area (Å²) < 4.78 is 7.97. The van der Waals surface area contributed by atoms with Crippen molar-refractivity contribution in [3.8, 4) is 22.9 Å². The van der Waals surface area contributed by atoms with Gasteiger partial charge in [0.1, 0.15) is 11.3 Å². The minimum atomic E-state index is -1.11. The van der Waals surface area contributed by atoms with Gasteiger partial charge in [0, 0.05) is 34.1 Å². The number of hydrogen-bond acceptors (Lipinski definition) is 7. The lowest BCUT2D eigenvalue weighted by atomic mass is 9.85.